The molecule has 1 aliphatic carbocycles. The summed E-state index contributed by atoms with van der Waals surface area (Å²) in [4.78, 5) is 11.0. The molecule has 1 fully saturated rings. The van der Waals surface area contributed by atoms with Crippen LogP contribution in [0.3, 0.4) is 0 Å². The molecule has 1 amide bonds. The van der Waals surface area contributed by atoms with E-state index >= 15 is 0 Å². The summed E-state index contributed by atoms with van der Waals surface area (Å²) in [5, 5.41) is 3.99. The molecule has 1 aromatic carbocycles. The van der Waals surface area contributed by atoms with Crippen molar-refractivity contribution in [2.45, 2.75) is 25.8 Å². The molecule has 0 aromatic heterocycles. The lowest BCUT2D eigenvalue weighted by Crippen LogP contribution is -2.27. The smallest absolute Gasteiger partial charge is 0.248 e. The molecule has 0 atom stereocenters. The van der Waals surface area contributed by atoms with E-state index in [2.05, 4.69) is 5.32 Å². The van der Waals surface area contributed by atoms with Crippen LogP contribution >= 0.6 is 11.6 Å². The van der Waals surface area contributed by atoms with Crippen molar-refractivity contribution in [2.75, 3.05) is 6.54 Å². The van der Waals surface area contributed by atoms with Crippen molar-refractivity contribution in [3.63, 3.8) is 0 Å². The number of hydrogen-bond donors (Lipinski definition) is 2. The zero-order valence-corrected chi connectivity index (χ0v) is 10.5. The van der Waals surface area contributed by atoms with Crippen molar-refractivity contribution >= 4 is 17.5 Å². The summed E-state index contributed by atoms with van der Waals surface area (Å²) in [6.07, 6.45) is 4.03. The maximum Gasteiger partial charge on any atom is 0.248 e. The fourth-order valence-electron chi connectivity index (χ4n) is 1.95. The van der Waals surface area contributed by atoms with Crippen LogP contribution < -0.4 is 11.1 Å². The number of hydrogen-bond acceptors (Lipinski definition) is 2. The van der Waals surface area contributed by atoms with Crippen LogP contribution in [0, 0.1) is 5.92 Å². The molecule has 0 radical (unpaired) electrons. The highest BCUT2D eigenvalue weighted by Gasteiger charge is 2.16. The first-order valence-electron chi connectivity index (χ1n) is 5.96. The van der Waals surface area contributed by atoms with Crippen LogP contribution in [0.15, 0.2) is 18.2 Å². The molecule has 4 heteroatoms. The normalized spacial score (nSPS) is 15.6. The summed E-state index contributed by atoms with van der Waals surface area (Å²) >= 11 is 6.09. The molecular weight excluding hydrogens is 236 g/mol. The van der Waals surface area contributed by atoms with Gasteiger partial charge in [0, 0.05) is 17.1 Å². The molecule has 92 valence electrons. The zero-order valence-electron chi connectivity index (χ0n) is 9.71. The van der Waals surface area contributed by atoms with Crippen LogP contribution in [0.2, 0.25) is 5.02 Å². The highest BCUT2D eigenvalue weighted by atomic mass is 35.5. The molecule has 2 rings (SSSR count). The summed E-state index contributed by atoms with van der Waals surface area (Å²) in [6.45, 7) is 1.79. The lowest BCUT2D eigenvalue weighted by Gasteiger charge is -2.25. The second-order valence-corrected chi connectivity index (χ2v) is 5.01. The van der Waals surface area contributed by atoms with Gasteiger partial charge in [-0.05, 0) is 43.0 Å². The van der Waals surface area contributed by atoms with Crippen molar-refractivity contribution in [1.29, 1.82) is 0 Å². The van der Waals surface area contributed by atoms with Gasteiger partial charge in [0.25, 0.3) is 0 Å². The lowest BCUT2D eigenvalue weighted by atomic mass is 9.85. The van der Waals surface area contributed by atoms with Gasteiger partial charge in [-0.1, -0.05) is 24.1 Å². The van der Waals surface area contributed by atoms with E-state index in [-0.39, 0.29) is 0 Å². The van der Waals surface area contributed by atoms with Gasteiger partial charge in [0.1, 0.15) is 0 Å². The molecule has 0 aliphatic heterocycles. The van der Waals surface area contributed by atoms with Crippen molar-refractivity contribution in [3.8, 4) is 0 Å². The number of carbonyl (C=O) groups excluding carboxylic acids is 1. The van der Waals surface area contributed by atoms with Crippen LogP contribution in [0.25, 0.3) is 0 Å². The Hall–Kier alpha value is -1.06. The van der Waals surface area contributed by atoms with Crippen LogP contribution in [0.4, 0.5) is 0 Å². The maximum atomic E-state index is 11.0. The summed E-state index contributed by atoms with van der Waals surface area (Å²) in [5.41, 5.74) is 6.65. The molecule has 0 spiro atoms. The number of rotatable bonds is 5. The van der Waals surface area contributed by atoms with Crippen molar-refractivity contribution in [2.24, 2.45) is 11.7 Å². The van der Waals surface area contributed by atoms with E-state index in [1.165, 1.54) is 19.3 Å². The summed E-state index contributed by atoms with van der Waals surface area (Å²) in [5.74, 6) is 0.388. The third-order valence-electron chi connectivity index (χ3n) is 3.31. The Morgan fingerprint density at radius 3 is 2.76 bits per heavy atom. The zero-order chi connectivity index (χ0) is 12.3. The molecule has 3 nitrogen and oxygen atoms in total. The van der Waals surface area contributed by atoms with Gasteiger partial charge in [-0.15, -0.1) is 0 Å². The molecule has 1 aromatic rings. The SMILES string of the molecule is NC(=O)c1ccc(CNCC2CCC2)c(Cl)c1. The number of carbonyl (C=O) groups is 1. The number of primary amides is 1. The molecule has 0 heterocycles. The van der Waals surface area contributed by atoms with Gasteiger partial charge in [0.15, 0.2) is 0 Å². The Morgan fingerprint density at radius 1 is 1.47 bits per heavy atom. The third-order valence-corrected chi connectivity index (χ3v) is 3.66. The van der Waals surface area contributed by atoms with E-state index < -0.39 is 5.91 Å². The van der Waals surface area contributed by atoms with Crippen molar-refractivity contribution in [3.05, 3.63) is 34.3 Å². The van der Waals surface area contributed by atoms with E-state index in [1.54, 1.807) is 12.1 Å². The summed E-state index contributed by atoms with van der Waals surface area (Å²) in [6, 6.07) is 5.20. The molecule has 1 saturated carbocycles. The highest BCUT2D eigenvalue weighted by Crippen LogP contribution is 2.25. The van der Waals surface area contributed by atoms with Crippen LogP contribution in [-0.4, -0.2) is 12.5 Å². The average molecular weight is 253 g/mol. The first-order valence-corrected chi connectivity index (χ1v) is 6.33. The topological polar surface area (TPSA) is 55.1 Å². The standard InChI is InChI=1S/C13H17ClN2O/c14-12-6-10(13(15)17)4-5-11(12)8-16-7-9-2-1-3-9/h4-6,9,16H,1-3,7-8H2,(H2,15,17). The maximum absolute atomic E-state index is 11.0. The van der Waals surface area contributed by atoms with Crippen molar-refractivity contribution < 1.29 is 4.79 Å². The molecule has 1 aliphatic rings. The van der Waals surface area contributed by atoms with E-state index in [0.29, 0.717) is 10.6 Å². The number of halogens is 1. The fourth-order valence-corrected chi connectivity index (χ4v) is 2.20. The van der Waals surface area contributed by atoms with E-state index in [1.807, 2.05) is 6.07 Å². The van der Waals surface area contributed by atoms with E-state index in [0.717, 1.165) is 24.6 Å². The molecule has 0 saturated heterocycles. The number of nitrogens with two attached hydrogens (primary N) is 1. The molecular formula is C13H17ClN2O. The predicted octanol–water partition coefficient (Wildman–Crippen LogP) is 2.33. The van der Waals surface area contributed by atoms with E-state index in [9.17, 15) is 4.79 Å². The molecule has 0 bridgehead atoms. The van der Waals surface area contributed by atoms with Gasteiger partial charge in [0.2, 0.25) is 5.91 Å². The van der Waals surface area contributed by atoms with Gasteiger partial charge in [-0.25, -0.2) is 0 Å². The summed E-state index contributed by atoms with van der Waals surface area (Å²) in [7, 11) is 0. The first kappa shape index (κ1) is 12.4. The minimum Gasteiger partial charge on any atom is -0.366 e. The number of amides is 1. The van der Waals surface area contributed by atoms with E-state index in [4.69, 9.17) is 17.3 Å². The van der Waals surface area contributed by atoms with Crippen LogP contribution in [0.1, 0.15) is 35.2 Å². The van der Waals surface area contributed by atoms with Gasteiger partial charge in [0.05, 0.1) is 0 Å². The highest BCUT2D eigenvalue weighted by molar-refractivity contribution is 6.31. The lowest BCUT2D eigenvalue weighted by molar-refractivity contribution is 0.100. The second-order valence-electron chi connectivity index (χ2n) is 4.60. The molecule has 17 heavy (non-hydrogen) atoms. The second kappa shape index (κ2) is 5.52. The number of benzene rings is 1. The monoisotopic (exact) mass is 252 g/mol. The minimum absolute atomic E-state index is 0.444. The largest absolute Gasteiger partial charge is 0.366 e. The number of nitrogens with one attached hydrogen (secondary N) is 1. The quantitative estimate of drug-likeness (QED) is 0.845. The molecule has 3 N–H and O–H groups in total. The third kappa shape index (κ3) is 3.20. The molecule has 0 unspecified atom stereocenters. The Labute approximate surface area is 106 Å². The predicted molar refractivity (Wildman–Crippen MR) is 69.0 cm³/mol. The van der Waals surface area contributed by atoms with Crippen LogP contribution in [0.5, 0.6) is 0 Å². The minimum atomic E-state index is -0.444. The van der Waals surface area contributed by atoms with Gasteiger partial charge in [-0.3, -0.25) is 4.79 Å². The Kier molecular flexibility index (Phi) is 4.02. The van der Waals surface area contributed by atoms with Gasteiger partial charge in [-0.2, -0.15) is 0 Å². The van der Waals surface area contributed by atoms with Gasteiger partial charge < -0.3 is 11.1 Å². The van der Waals surface area contributed by atoms with Crippen LogP contribution in [-0.2, 0) is 6.54 Å². The van der Waals surface area contributed by atoms with Crippen molar-refractivity contribution in [1.82, 2.24) is 5.32 Å². The Balaban J connectivity index is 1.89. The van der Waals surface area contributed by atoms with Gasteiger partial charge >= 0.3 is 0 Å². The Bertz CT molecular complexity index is 416. The summed E-state index contributed by atoms with van der Waals surface area (Å²) < 4.78 is 0. The fraction of sp³-hybridized carbons (Fsp3) is 0.462. The Morgan fingerprint density at radius 2 is 2.24 bits per heavy atom. The first-order chi connectivity index (χ1) is 8.16. The average Bonchev–Trinajstić information content (AvgIpc) is 2.23.